The number of rotatable bonds is 5. The first-order valence-electron chi connectivity index (χ1n) is 10.2. The second kappa shape index (κ2) is 9.28. The number of carbonyl (C=O) groups excluding carboxylic acids is 1. The third kappa shape index (κ3) is 4.38. The fourth-order valence-electron chi connectivity index (χ4n) is 3.49. The lowest BCUT2D eigenvalue weighted by atomic mass is 10.0. The van der Waals surface area contributed by atoms with Crippen LogP contribution in [0.3, 0.4) is 0 Å². The molecule has 1 aliphatic heterocycles. The highest BCUT2D eigenvalue weighted by molar-refractivity contribution is 7.07. The average molecular weight is 449 g/mol. The van der Waals surface area contributed by atoms with E-state index in [0.29, 0.717) is 26.2 Å². The molecule has 0 spiro atoms. The van der Waals surface area contributed by atoms with E-state index < -0.39 is 12.0 Å². The Hall–Kier alpha value is -3.58. The van der Waals surface area contributed by atoms with Crippen LogP contribution in [0.5, 0.6) is 0 Å². The number of aromatic nitrogens is 1. The van der Waals surface area contributed by atoms with Crippen LogP contribution in [0.25, 0.3) is 12.2 Å². The van der Waals surface area contributed by atoms with Crippen LogP contribution < -0.4 is 14.9 Å². The molecule has 1 aromatic heterocycles. The van der Waals surface area contributed by atoms with Crippen molar-refractivity contribution in [2.24, 2.45) is 4.99 Å². The minimum Gasteiger partial charge on any atom is -0.463 e. The van der Waals surface area contributed by atoms with Crippen molar-refractivity contribution in [1.29, 1.82) is 0 Å². The number of carbonyl (C=O) groups is 1. The molecule has 3 aromatic rings. The summed E-state index contributed by atoms with van der Waals surface area (Å²) in [6, 6.07) is 14.9. The number of hydrogen-bond acceptors (Lipinski definition) is 5. The highest BCUT2D eigenvalue weighted by Gasteiger charge is 2.30. The number of halogens is 1. The molecule has 0 bridgehead atoms. The molecule has 5 nitrogen and oxygen atoms in total. The lowest BCUT2D eigenvalue weighted by Gasteiger charge is -2.21. The van der Waals surface area contributed by atoms with Gasteiger partial charge in [0, 0.05) is 0 Å². The van der Waals surface area contributed by atoms with E-state index in [9.17, 15) is 14.0 Å². The zero-order valence-electron chi connectivity index (χ0n) is 17.6. The average Bonchev–Trinajstić information content (AvgIpc) is 3.09. The van der Waals surface area contributed by atoms with Crippen molar-refractivity contribution in [2.75, 3.05) is 6.61 Å². The fraction of sp³-hybridized carbons (Fsp3) is 0.160. The van der Waals surface area contributed by atoms with Crippen LogP contribution in [0.4, 0.5) is 4.39 Å². The van der Waals surface area contributed by atoms with Gasteiger partial charge in [-0.05, 0) is 43.2 Å². The molecule has 1 atom stereocenters. The lowest BCUT2D eigenvalue weighted by Crippen LogP contribution is -2.38. The van der Waals surface area contributed by atoms with E-state index in [-0.39, 0.29) is 18.0 Å². The van der Waals surface area contributed by atoms with Crippen molar-refractivity contribution >= 4 is 29.5 Å². The van der Waals surface area contributed by atoms with Gasteiger partial charge in [0.25, 0.3) is 5.56 Å². The minimum atomic E-state index is -0.652. The van der Waals surface area contributed by atoms with Gasteiger partial charge in [0.1, 0.15) is 5.82 Å². The maximum Gasteiger partial charge on any atom is 0.338 e. The third-order valence-corrected chi connectivity index (χ3v) is 5.98. The van der Waals surface area contributed by atoms with Gasteiger partial charge in [-0.3, -0.25) is 9.36 Å². The quantitative estimate of drug-likeness (QED) is 0.561. The van der Waals surface area contributed by atoms with Gasteiger partial charge in [0.2, 0.25) is 0 Å². The zero-order chi connectivity index (χ0) is 22.7. The molecule has 0 unspecified atom stereocenters. The number of allylic oxidation sites excluding steroid dienone is 2. The Bertz CT molecular complexity index is 1380. The Kier molecular flexibility index (Phi) is 6.28. The van der Waals surface area contributed by atoms with E-state index in [1.165, 1.54) is 28.0 Å². The summed E-state index contributed by atoms with van der Waals surface area (Å²) >= 11 is 1.23. The second-order valence-corrected chi connectivity index (χ2v) is 8.18. The first kappa shape index (κ1) is 21.6. The monoisotopic (exact) mass is 448 g/mol. The summed E-state index contributed by atoms with van der Waals surface area (Å²) in [6.07, 6.45) is 5.39. The van der Waals surface area contributed by atoms with Crippen LogP contribution in [0.2, 0.25) is 0 Å². The largest absolute Gasteiger partial charge is 0.463 e. The molecule has 2 heterocycles. The Morgan fingerprint density at radius 3 is 2.56 bits per heavy atom. The van der Waals surface area contributed by atoms with Crippen molar-refractivity contribution < 1.29 is 13.9 Å². The van der Waals surface area contributed by atoms with E-state index in [1.54, 1.807) is 32.1 Å². The molecule has 2 aromatic carbocycles. The summed E-state index contributed by atoms with van der Waals surface area (Å²) in [5.41, 5.74) is 2.23. The normalized spacial score (nSPS) is 16.2. The maximum absolute atomic E-state index is 13.3. The molecule has 1 aliphatic rings. The van der Waals surface area contributed by atoms with E-state index >= 15 is 0 Å². The third-order valence-electron chi connectivity index (χ3n) is 5.00. The van der Waals surface area contributed by atoms with Crippen molar-refractivity contribution in [3.63, 3.8) is 0 Å². The number of fused-ring (bicyclic) bond motifs is 1. The van der Waals surface area contributed by atoms with Gasteiger partial charge in [0.05, 0.1) is 28.5 Å². The summed E-state index contributed by atoms with van der Waals surface area (Å²) in [5.74, 6) is -0.839. The SMILES string of the molecule is CCOC(=O)C1=C(C)N=c2s/c(=C\c3ccc(F)cc3)c(=O)n2[C@@H]1/C=C/c1ccccc1. The van der Waals surface area contributed by atoms with Crippen molar-refractivity contribution in [3.8, 4) is 0 Å². The molecule has 0 radical (unpaired) electrons. The number of esters is 1. The van der Waals surface area contributed by atoms with E-state index in [1.807, 2.05) is 42.5 Å². The maximum atomic E-state index is 13.3. The first-order valence-corrected chi connectivity index (χ1v) is 11.0. The van der Waals surface area contributed by atoms with Crippen LogP contribution in [0.15, 0.2) is 81.7 Å². The first-order chi connectivity index (χ1) is 15.5. The van der Waals surface area contributed by atoms with Crippen molar-refractivity contribution in [3.05, 3.63) is 109 Å². The molecular formula is C25H21FN2O3S. The molecule has 0 N–H and O–H groups in total. The fourth-order valence-corrected chi connectivity index (χ4v) is 4.55. The summed E-state index contributed by atoms with van der Waals surface area (Å²) in [6.45, 7) is 3.70. The van der Waals surface area contributed by atoms with Gasteiger partial charge < -0.3 is 4.74 Å². The molecule has 0 saturated carbocycles. The standard InChI is InChI=1S/C25H21FN2O3S/c1-3-31-24(30)22-16(2)27-25-28(20(22)14-11-17-7-5-4-6-8-17)23(29)21(32-25)15-18-9-12-19(26)13-10-18/h4-15,20H,3H2,1-2H3/b14-11+,21-15-/t20-/m1/s1. The summed E-state index contributed by atoms with van der Waals surface area (Å²) in [5, 5.41) is 0. The molecular weight excluding hydrogens is 427 g/mol. The van der Waals surface area contributed by atoms with E-state index in [0.717, 1.165) is 5.56 Å². The molecule has 32 heavy (non-hydrogen) atoms. The Morgan fingerprint density at radius 2 is 1.88 bits per heavy atom. The van der Waals surface area contributed by atoms with Gasteiger partial charge in [-0.2, -0.15) is 0 Å². The van der Waals surface area contributed by atoms with Crippen LogP contribution in [0, 0.1) is 5.82 Å². The number of nitrogens with zero attached hydrogens (tertiary/aromatic N) is 2. The number of ether oxygens (including phenoxy) is 1. The zero-order valence-corrected chi connectivity index (χ0v) is 18.4. The Morgan fingerprint density at radius 1 is 1.16 bits per heavy atom. The Balaban J connectivity index is 1.87. The van der Waals surface area contributed by atoms with E-state index in [4.69, 9.17) is 4.74 Å². The number of hydrogen-bond donors (Lipinski definition) is 0. The second-order valence-electron chi connectivity index (χ2n) is 7.17. The smallest absolute Gasteiger partial charge is 0.338 e. The van der Waals surface area contributed by atoms with Gasteiger partial charge in [-0.1, -0.05) is 66.0 Å². The minimum absolute atomic E-state index is 0.222. The number of thiazole rings is 1. The highest BCUT2D eigenvalue weighted by Crippen LogP contribution is 2.26. The summed E-state index contributed by atoms with van der Waals surface area (Å²) < 4.78 is 20.5. The van der Waals surface area contributed by atoms with E-state index in [2.05, 4.69) is 4.99 Å². The molecule has 0 aliphatic carbocycles. The van der Waals surface area contributed by atoms with Gasteiger partial charge in [0.15, 0.2) is 4.80 Å². The summed E-state index contributed by atoms with van der Waals surface area (Å²) in [4.78, 5) is 31.1. The predicted octanol–water partition coefficient (Wildman–Crippen LogP) is 3.60. The van der Waals surface area contributed by atoms with Crippen LogP contribution >= 0.6 is 11.3 Å². The van der Waals surface area contributed by atoms with Gasteiger partial charge >= 0.3 is 5.97 Å². The topological polar surface area (TPSA) is 60.7 Å². The van der Waals surface area contributed by atoms with Crippen molar-refractivity contribution in [2.45, 2.75) is 19.9 Å². The number of benzene rings is 2. The highest BCUT2D eigenvalue weighted by atomic mass is 32.1. The predicted molar refractivity (Wildman–Crippen MR) is 123 cm³/mol. The molecule has 0 fully saturated rings. The molecule has 0 amide bonds. The van der Waals surface area contributed by atoms with Crippen LogP contribution in [0.1, 0.15) is 31.0 Å². The lowest BCUT2D eigenvalue weighted by molar-refractivity contribution is -0.139. The molecule has 7 heteroatoms. The van der Waals surface area contributed by atoms with Crippen LogP contribution in [-0.4, -0.2) is 17.1 Å². The molecule has 162 valence electrons. The van der Waals surface area contributed by atoms with Gasteiger partial charge in [-0.15, -0.1) is 0 Å². The Labute approximate surface area is 188 Å². The summed E-state index contributed by atoms with van der Waals surface area (Å²) in [7, 11) is 0. The van der Waals surface area contributed by atoms with Crippen LogP contribution in [-0.2, 0) is 9.53 Å². The molecule has 0 saturated heterocycles. The molecule has 4 rings (SSSR count). The van der Waals surface area contributed by atoms with Crippen molar-refractivity contribution in [1.82, 2.24) is 4.57 Å². The van der Waals surface area contributed by atoms with Gasteiger partial charge in [-0.25, -0.2) is 14.2 Å².